The number of nitrogens with one attached hydrogen (secondary N) is 1. The molecular weight excluding hydrogens is 164 g/mol. The zero-order chi connectivity index (χ0) is 10.3. The Labute approximate surface area is 80.1 Å². The van der Waals surface area contributed by atoms with E-state index in [-0.39, 0.29) is 11.8 Å². The van der Waals surface area contributed by atoms with Gasteiger partial charge in [-0.1, -0.05) is 13.8 Å². The van der Waals surface area contributed by atoms with Crippen LogP contribution in [-0.2, 0) is 4.79 Å². The summed E-state index contributed by atoms with van der Waals surface area (Å²) >= 11 is 0. The van der Waals surface area contributed by atoms with Gasteiger partial charge >= 0.3 is 0 Å². The Balaban J connectivity index is 3.66. The van der Waals surface area contributed by atoms with Crippen LogP contribution in [0.3, 0.4) is 0 Å². The lowest BCUT2D eigenvalue weighted by molar-refractivity contribution is -0.123. The monoisotopic (exact) mass is 182 g/mol. The minimum absolute atomic E-state index is 0.0899. The second-order valence-corrected chi connectivity index (χ2v) is 3.24. The molecule has 0 aliphatic carbocycles. The molecule has 0 fully saturated rings. The van der Waals surface area contributed by atoms with Crippen LogP contribution in [0.2, 0.25) is 0 Å². The van der Waals surface area contributed by atoms with Crippen LogP contribution in [0.15, 0.2) is 0 Å². The number of hydrogen-bond acceptors (Lipinski definition) is 2. The van der Waals surface area contributed by atoms with Crippen molar-refractivity contribution in [2.24, 2.45) is 11.7 Å². The topological polar surface area (TPSA) is 55.1 Å². The predicted molar refractivity (Wildman–Crippen MR) is 53.9 cm³/mol. The molecule has 0 rings (SSSR count). The highest BCUT2D eigenvalue weighted by molar-refractivity contribution is 5.81. The molecule has 0 saturated heterocycles. The normalized spacial score (nSPS) is 11.8. The third-order valence-corrected chi connectivity index (χ3v) is 1.75. The Morgan fingerprint density at radius 1 is 1.54 bits per heavy atom. The van der Waals surface area contributed by atoms with Gasteiger partial charge in [-0.3, -0.25) is 4.79 Å². The fraction of sp³-hybridized carbons (Fsp3) is 0.700. The number of carbonyl (C=O) groups is 1. The molecule has 0 saturated carbocycles. The SMILES string of the molecule is CC#CCCNC(=O)[C@H](N)C(C)C. The van der Waals surface area contributed by atoms with Crippen LogP contribution in [0.4, 0.5) is 0 Å². The fourth-order valence-corrected chi connectivity index (χ4v) is 0.794. The largest absolute Gasteiger partial charge is 0.354 e. The van der Waals surface area contributed by atoms with Gasteiger partial charge in [-0.05, 0) is 12.8 Å². The lowest BCUT2D eigenvalue weighted by Gasteiger charge is -2.14. The second-order valence-electron chi connectivity index (χ2n) is 3.24. The Hall–Kier alpha value is -1.01. The van der Waals surface area contributed by atoms with Gasteiger partial charge in [0.25, 0.3) is 0 Å². The molecule has 0 bridgehead atoms. The van der Waals surface area contributed by atoms with Crippen molar-refractivity contribution in [2.45, 2.75) is 33.2 Å². The number of amides is 1. The van der Waals surface area contributed by atoms with Crippen LogP contribution in [0.1, 0.15) is 27.2 Å². The third kappa shape index (κ3) is 5.26. The van der Waals surface area contributed by atoms with Crippen molar-refractivity contribution in [3.63, 3.8) is 0 Å². The van der Waals surface area contributed by atoms with Crippen LogP contribution in [-0.4, -0.2) is 18.5 Å². The molecule has 1 atom stereocenters. The van der Waals surface area contributed by atoms with E-state index in [4.69, 9.17) is 5.73 Å². The van der Waals surface area contributed by atoms with Crippen molar-refractivity contribution in [3.05, 3.63) is 0 Å². The van der Waals surface area contributed by atoms with E-state index in [9.17, 15) is 4.79 Å². The number of nitrogens with two attached hydrogens (primary N) is 1. The maximum Gasteiger partial charge on any atom is 0.237 e. The summed E-state index contributed by atoms with van der Waals surface area (Å²) < 4.78 is 0. The first-order valence-corrected chi connectivity index (χ1v) is 4.52. The average Bonchev–Trinajstić information content (AvgIpc) is 2.10. The lowest BCUT2D eigenvalue weighted by Crippen LogP contribution is -2.44. The zero-order valence-corrected chi connectivity index (χ0v) is 8.55. The number of rotatable bonds is 4. The molecule has 0 aliphatic heterocycles. The van der Waals surface area contributed by atoms with Crippen molar-refractivity contribution in [2.75, 3.05) is 6.54 Å². The standard InChI is InChI=1S/C10H18N2O/c1-4-5-6-7-12-10(13)9(11)8(2)3/h8-9H,6-7,11H2,1-3H3,(H,12,13)/t9-/m1/s1. The van der Waals surface area contributed by atoms with Crippen LogP contribution >= 0.6 is 0 Å². The van der Waals surface area contributed by atoms with E-state index in [0.29, 0.717) is 13.0 Å². The molecule has 13 heavy (non-hydrogen) atoms. The average molecular weight is 182 g/mol. The van der Waals surface area contributed by atoms with E-state index >= 15 is 0 Å². The summed E-state index contributed by atoms with van der Waals surface area (Å²) in [4.78, 5) is 11.3. The van der Waals surface area contributed by atoms with E-state index in [2.05, 4.69) is 17.2 Å². The van der Waals surface area contributed by atoms with E-state index in [1.54, 1.807) is 6.92 Å². The first-order valence-electron chi connectivity index (χ1n) is 4.52. The first-order chi connectivity index (χ1) is 6.09. The molecule has 3 nitrogen and oxygen atoms in total. The first kappa shape index (κ1) is 12.0. The van der Waals surface area contributed by atoms with E-state index in [1.807, 2.05) is 13.8 Å². The Morgan fingerprint density at radius 2 is 2.15 bits per heavy atom. The number of hydrogen-bond donors (Lipinski definition) is 2. The van der Waals surface area contributed by atoms with Gasteiger partial charge < -0.3 is 11.1 Å². The predicted octanol–water partition coefficient (Wildman–Crippen LogP) is 0.499. The molecular formula is C10H18N2O. The number of carbonyl (C=O) groups excluding carboxylic acids is 1. The summed E-state index contributed by atoms with van der Waals surface area (Å²) in [5.74, 6) is 5.72. The van der Waals surface area contributed by atoms with Crippen molar-refractivity contribution in [1.82, 2.24) is 5.32 Å². The van der Waals surface area contributed by atoms with Gasteiger partial charge in [-0.15, -0.1) is 11.8 Å². The highest BCUT2D eigenvalue weighted by Crippen LogP contribution is 1.97. The van der Waals surface area contributed by atoms with Gasteiger partial charge in [-0.2, -0.15) is 0 Å². The molecule has 0 unspecified atom stereocenters. The van der Waals surface area contributed by atoms with E-state index < -0.39 is 6.04 Å². The van der Waals surface area contributed by atoms with Gasteiger partial charge in [0.2, 0.25) is 5.91 Å². The lowest BCUT2D eigenvalue weighted by atomic mass is 10.1. The highest BCUT2D eigenvalue weighted by atomic mass is 16.2. The molecule has 0 aromatic carbocycles. The second kappa shape index (κ2) is 6.50. The van der Waals surface area contributed by atoms with Crippen molar-refractivity contribution in [1.29, 1.82) is 0 Å². The van der Waals surface area contributed by atoms with E-state index in [0.717, 1.165) is 0 Å². The summed E-state index contributed by atoms with van der Waals surface area (Å²) in [7, 11) is 0. The quantitative estimate of drug-likeness (QED) is 0.491. The maximum atomic E-state index is 11.3. The van der Waals surface area contributed by atoms with Crippen LogP contribution in [0.5, 0.6) is 0 Å². The Bertz CT molecular complexity index is 213. The zero-order valence-electron chi connectivity index (χ0n) is 8.55. The summed E-state index contributed by atoms with van der Waals surface area (Å²) in [5, 5.41) is 2.73. The van der Waals surface area contributed by atoms with Gasteiger partial charge in [0.15, 0.2) is 0 Å². The molecule has 3 N–H and O–H groups in total. The van der Waals surface area contributed by atoms with Gasteiger partial charge in [0.1, 0.15) is 0 Å². The smallest absolute Gasteiger partial charge is 0.237 e. The molecule has 0 spiro atoms. The summed E-state index contributed by atoms with van der Waals surface area (Å²) in [6.45, 7) is 6.22. The van der Waals surface area contributed by atoms with E-state index in [1.165, 1.54) is 0 Å². The Morgan fingerprint density at radius 3 is 2.62 bits per heavy atom. The molecule has 1 amide bonds. The minimum atomic E-state index is -0.408. The van der Waals surface area contributed by atoms with Gasteiger partial charge in [0, 0.05) is 13.0 Å². The summed E-state index contributed by atoms with van der Waals surface area (Å²) in [6, 6.07) is -0.408. The van der Waals surface area contributed by atoms with Gasteiger partial charge in [0.05, 0.1) is 6.04 Å². The van der Waals surface area contributed by atoms with Crippen LogP contribution < -0.4 is 11.1 Å². The summed E-state index contributed by atoms with van der Waals surface area (Å²) in [6.07, 6.45) is 0.688. The third-order valence-electron chi connectivity index (χ3n) is 1.75. The van der Waals surface area contributed by atoms with Crippen LogP contribution in [0.25, 0.3) is 0 Å². The highest BCUT2D eigenvalue weighted by Gasteiger charge is 2.15. The summed E-state index contributed by atoms with van der Waals surface area (Å²) in [5.41, 5.74) is 5.63. The van der Waals surface area contributed by atoms with Crippen molar-refractivity contribution < 1.29 is 4.79 Å². The van der Waals surface area contributed by atoms with Crippen molar-refractivity contribution >= 4 is 5.91 Å². The molecule has 0 aromatic rings. The molecule has 0 aromatic heterocycles. The molecule has 0 aliphatic rings. The molecule has 0 heterocycles. The molecule has 3 heteroatoms. The van der Waals surface area contributed by atoms with Gasteiger partial charge in [-0.25, -0.2) is 0 Å². The Kier molecular flexibility index (Phi) is 5.99. The fourth-order valence-electron chi connectivity index (χ4n) is 0.794. The minimum Gasteiger partial charge on any atom is -0.354 e. The van der Waals surface area contributed by atoms with Crippen LogP contribution in [0, 0.1) is 17.8 Å². The molecule has 74 valence electrons. The molecule has 0 radical (unpaired) electrons. The maximum absolute atomic E-state index is 11.3. The van der Waals surface area contributed by atoms with Crippen molar-refractivity contribution in [3.8, 4) is 11.8 Å².